The van der Waals surface area contributed by atoms with Crippen LogP contribution in [0.2, 0.25) is 0 Å². The topological polar surface area (TPSA) is 35.2 Å². The Bertz CT molecular complexity index is 428. The molecule has 0 radical (unpaired) electrons. The standard InChI is InChI=1S/C14H18FNO/c1-17-14-7-4-11(9-13(14)15)8-10-2-5-12(16)6-3-10/h2,4,7,9,12H,3,5-6,8,16H2,1H3. The maximum Gasteiger partial charge on any atom is 0.165 e. The summed E-state index contributed by atoms with van der Waals surface area (Å²) >= 11 is 0. The second kappa shape index (κ2) is 5.32. The van der Waals surface area contributed by atoms with Gasteiger partial charge in [-0.2, -0.15) is 0 Å². The van der Waals surface area contributed by atoms with E-state index in [1.54, 1.807) is 12.1 Å². The van der Waals surface area contributed by atoms with Gasteiger partial charge in [0.15, 0.2) is 11.6 Å². The summed E-state index contributed by atoms with van der Waals surface area (Å²) in [6, 6.07) is 5.44. The molecule has 2 rings (SSSR count). The van der Waals surface area contributed by atoms with Crippen molar-refractivity contribution in [1.29, 1.82) is 0 Å². The molecule has 1 aliphatic rings. The van der Waals surface area contributed by atoms with Crippen molar-refractivity contribution in [2.24, 2.45) is 5.73 Å². The molecule has 2 nitrogen and oxygen atoms in total. The molecule has 0 bridgehead atoms. The number of benzene rings is 1. The minimum atomic E-state index is -0.293. The van der Waals surface area contributed by atoms with Crippen molar-refractivity contribution in [1.82, 2.24) is 0 Å². The van der Waals surface area contributed by atoms with E-state index in [2.05, 4.69) is 6.08 Å². The minimum Gasteiger partial charge on any atom is -0.494 e. The first-order valence-corrected chi connectivity index (χ1v) is 5.95. The maximum absolute atomic E-state index is 13.5. The summed E-state index contributed by atoms with van der Waals surface area (Å²) in [6.45, 7) is 0. The third-order valence-electron chi connectivity index (χ3n) is 3.19. The molecule has 1 unspecified atom stereocenters. The number of allylic oxidation sites excluding steroid dienone is 1. The molecule has 0 amide bonds. The molecule has 0 fully saturated rings. The summed E-state index contributed by atoms with van der Waals surface area (Å²) in [4.78, 5) is 0. The van der Waals surface area contributed by atoms with Crippen LogP contribution in [0.25, 0.3) is 0 Å². The van der Waals surface area contributed by atoms with E-state index in [1.807, 2.05) is 6.07 Å². The Morgan fingerprint density at radius 3 is 2.88 bits per heavy atom. The molecule has 92 valence electrons. The van der Waals surface area contributed by atoms with Gasteiger partial charge in [0.2, 0.25) is 0 Å². The zero-order valence-corrected chi connectivity index (χ0v) is 10.1. The third-order valence-corrected chi connectivity index (χ3v) is 3.19. The van der Waals surface area contributed by atoms with E-state index in [9.17, 15) is 4.39 Å². The van der Waals surface area contributed by atoms with E-state index < -0.39 is 0 Å². The average Bonchev–Trinajstić information content (AvgIpc) is 2.32. The van der Waals surface area contributed by atoms with Gasteiger partial charge in [-0.15, -0.1) is 0 Å². The second-order valence-electron chi connectivity index (χ2n) is 4.54. The summed E-state index contributed by atoms with van der Waals surface area (Å²) < 4.78 is 18.4. The van der Waals surface area contributed by atoms with Crippen LogP contribution in [-0.2, 0) is 6.42 Å². The number of ether oxygens (including phenoxy) is 1. The molecule has 1 aromatic carbocycles. The number of rotatable bonds is 3. The normalized spacial score (nSPS) is 19.9. The second-order valence-corrected chi connectivity index (χ2v) is 4.54. The highest BCUT2D eigenvalue weighted by molar-refractivity contribution is 5.32. The molecule has 0 aliphatic heterocycles. The van der Waals surface area contributed by atoms with Crippen molar-refractivity contribution >= 4 is 0 Å². The lowest BCUT2D eigenvalue weighted by Gasteiger charge is -2.18. The van der Waals surface area contributed by atoms with Gasteiger partial charge in [-0.25, -0.2) is 4.39 Å². The fraction of sp³-hybridized carbons (Fsp3) is 0.429. The van der Waals surface area contributed by atoms with Crippen LogP contribution < -0.4 is 10.5 Å². The average molecular weight is 235 g/mol. The van der Waals surface area contributed by atoms with Gasteiger partial charge in [0, 0.05) is 6.04 Å². The van der Waals surface area contributed by atoms with Crippen LogP contribution in [0, 0.1) is 5.82 Å². The smallest absolute Gasteiger partial charge is 0.165 e. The Kier molecular flexibility index (Phi) is 3.79. The lowest BCUT2D eigenvalue weighted by Crippen LogP contribution is -2.22. The molecule has 17 heavy (non-hydrogen) atoms. The summed E-state index contributed by atoms with van der Waals surface area (Å²) in [6.07, 6.45) is 6.00. The van der Waals surface area contributed by atoms with E-state index in [-0.39, 0.29) is 5.82 Å². The Labute approximate surface area is 101 Å². The summed E-state index contributed by atoms with van der Waals surface area (Å²) in [5.41, 5.74) is 8.18. The molecule has 0 saturated heterocycles. The number of methoxy groups -OCH3 is 1. The molecule has 0 heterocycles. The zero-order valence-electron chi connectivity index (χ0n) is 10.1. The number of hydrogen-bond acceptors (Lipinski definition) is 2. The van der Waals surface area contributed by atoms with Gasteiger partial charge in [0.05, 0.1) is 7.11 Å². The molecular formula is C14H18FNO. The van der Waals surface area contributed by atoms with Crippen molar-refractivity contribution in [3.63, 3.8) is 0 Å². The van der Waals surface area contributed by atoms with E-state index in [4.69, 9.17) is 10.5 Å². The van der Waals surface area contributed by atoms with Crippen molar-refractivity contribution in [3.8, 4) is 5.75 Å². The SMILES string of the molecule is COc1ccc(CC2=CCC(N)CC2)cc1F. The number of halogens is 1. The molecule has 0 saturated carbocycles. The first kappa shape index (κ1) is 12.1. The summed E-state index contributed by atoms with van der Waals surface area (Å²) in [5, 5.41) is 0. The van der Waals surface area contributed by atoms with E-state index >= 15 is 0 Å². The lowest BCUT2D eigenvalue weighted by atomic mass is 9.91. The van der Waals surface area contributed by atoms with Crippen LogP contribution in [-0.4, -0.2) is 13.2 Å². The first-order chi connectivity index (χ1) is 8.19. The summed E-state index contributed by atoms with van der Waals surface area (Å²) in [5.74, 6) is 0.00602. The third kappa shape index (κ3) is 3.07. The molecule has 0 aromatic heterocycles. The van der Waals surface area contributed by atoms with Gasteiger partial charge in [0.25, 0.3) is 0 Å². The highest BCUT2D eigenvalue weighted by atomic mass is 19.1. The van der Waals surface area contributed by atoms with Crippen molar-refractivity contribution in [3.05, 3.63) is 41.2 Å². The minimum absolute atomic E-state index is 0.293. The predicted molar refractivity (Wildman–Crippen MR) is 66.6 cm³/mol. The van der Waals surface area contributed by atoms with Gasteiger partial charge in [-0.1, -0.05) is 17.7 Å². The van der Waals surface area contributed by atoms with E-state index in [1.165, 1.54) is 12.7 Å². The van der Waals surface area contributed by atoms with Crippen LogP contribution in [0.1, 0.15) is 24.8 Å². The molecule has 1 aliphatic carbocycles. The van der Waals surface area contributed by atoms with Gasteiger partial charge < -0.3 is 10.5 Å². The molecule has 2 N–H and O–H groups in total. The lowest BCUT2D eigenvalue weighted by molar-refractivity contribution is 0.386. The van der Waals surface area contributed by atoms with Crippen LogP contribution in [0.5, 0.6) is 5.75 Å². The largest absolute Gasteiger partial charge is 0.494 e. The monoisotopic (exact) mass is 235 g/mol. The summed E-state index contributed by atoms with van der Waals surface area (Å²) in [7, 11) is 1.48. The molecule has 0 spiro atoms. The van der Waals surface area contributed by atoms with E-state index in [0.29, 0.717) is 11.8 Å². The molecule has 1 aromatic rings. The molecule has 1 atom stereocenters. The van der Waals surface area contributed by atoms with Crippen LogP contribution in [0.15, 0.2) is 29.8 Å². The van der Waals surface area contributed by atoms with Crippen LogP contribution in [0.4, 0.5) is 4.39 Å². The van der Waals surface area contributed by atoms with Crippen LogP contribution >= 0.6 is 0 Å². The Morgan fingerprint density at radius 1 is 1.47 bits per heavy atom. The number of hydrogen-bond donors (Lipinski definition) is 1. The fourth-order valence-corrected chi connectivity index (χ4v) is 2.15. The molecule has 3 heteroatoms. The predicted octanol–water partition coefficient (Wildman–Crippen LogP) is 2.81. The van der Waals surface area contributed by atoms with Crippen molar-refractivity contribution < 1.29 is 9.13 Å². The fourth-order valence-electron chi connectivity index (χ4n) is 2.15. The highest BCUT2D eigenvalue weighted by Crippen LogP contribution is 2.23. The number of nitrogens with two attached hydrogens (primary N) is 1. The van der Waals surface area contributed by atoms with Gasteiger partial charge in [0.1, 0.15) is 0 Å². The zero-order chi connectivity index (χ0) is 12.3. The van der Waals surface area contributed by atoms with Gasteiger partial charge in [-0.3, -0.25) is 0 Å². The van der Waals surface area contributed by atoms with E-state index in [0.717, 1.165) is 31.2 Å². The quantitative estimate of drug-likeness (QED) is 0.818. The highest BCUT2D eigenvalue weighted by Gasteiger charge is 2.11. The van der Waals surface area contributed by atoms with Crippen LogP contribution in [0.3, 0.4) is 0 Å². The maximum atomic E-state index is 13.5. The van der Waals surface area contributed by atoms with Gasteiger partial charge in [-0.05, 0) is 43.4 Å². The Hall–Kier alpha value is -1.35. The Morgan fingerprint density at radius 2 is 2.29 bits per heavy atom. The van der Waals surface area contributed by atoms with Gasteiger partial charge >= 0.3 is 0 Å². The Balaban J connectivity index is 2.06. The van der Waals surface area contributed by atoms with Crippen molar-refractivity contribution in [2.75, 3.05) is 7.11 Å². The first-order valence-electron chi connectivity index (χ1n) is 5.95. The molecular weight excluding hydrogens is 217 g/mol. The van der Waals surface area contributed by atoms with Crippen molar-refractivity contribution in [2.45, 2.75) is 31.7 Å².